The number of amides is 1. The number of halogens is 2. The summed E-state index contributed by atoms with van der Waals surface area (Å²) in [6.45, 7) is -0.201. The molecule has 0 spiro atoms. The van der Waals surface area contributed by atoms with Gasteiger partial charge >= 0.3 is 0 Å². The summed E-state index contributed by atoms with van der Waals surface area (Å²) < 4.78 is 5.16. The van der Waals surface area contributed by atoms with E-state index in [2.05, 4.69) is 23.1 Å². The number of ether oxygens (including phenoxy) is 1. The lowest BCUT2D eigenvalue weighted by Crippen LogP contribution is -2.46. The third-order valence-corrected chi connectivity index (χ3v) is 2.43. The van der Waals surface area contributed by atoms with Crippen LogP contribution in [0, 0.1) is 0 Å². The summed E-state index contributed by atoms with van der Waals surface area (Å²) in [5.74, 6) is 0.00810. The van der Waals surface area contributed by atoms with Crippen molar-refractivity contribution >= 4 is 46.4 Å². The lowest BCUT2D eigenvalue weighted by atomic mass is 10.3. The van der Waals surface area contributed by atoms with E-state index in [4.69, 9.17) is 33.7 Å². The highest BCUT2D eigenvalue weighted by atomic mass is 35.5. The molecule has 8 heteroatoms. The van der Waals surface area contributed by atoms with E-state index in [1.165, 1.54) is 6.07 Å². The maximum atomic E-state index is 11.2. The van der Waals surface area contributed by atoms with Crippen molar-refractivity contribution in [2.75, 3.05) is 6.61 Å². The molecule has 1 amide bonds. The first kappa shape index (κ1) is 13.8. The van der Waals surface area contributed by atoms with Gasteiger partial charge in [0.25, 0.3) is 5.91 Å². The summed E-state index contributed by atoms with van der Waals surface area (Å²) in [4.78, 5) is 11.2. The molecule has 0 atom stereocenters. The fourth-order valence-corrected chi connectivity index (χ4v) is 1.22. The summed E-state index contributed by atoms with van der Waals surface area (Å²) >= 11 is 16.0. The monoisotopic (exact) mass is 293 g/mol. The average molecular weight is 294 g/mol. The molecule has 0 saturated carbocycles. The van der Waals surface area contributed by atoms with Gasteiger partial charge in [-0.25, -0.2) is 0 Å². The molecule has 0 aliphatic heterocycles. The number of hydrogen-bond donors (Lipinski definition) is 3. The highest BCUT2D eigenvalue weighted by Crippen LogP contribution is 2.26. The van der Waals surface area contributed by atoms with Crippen molar-refractivity contribution in [2.45, 2.75) is 0 Å². The van der Waals surface area contributed by atoms with Crippen LogP contribution < -0.4 is 21.3 Å². The van der Waals surface area contributed by atoms with Crippen LogP contribution in [0.3, 0.4) is 0 Å². The Labute approximate surface area is 113 Å². The predicted molar refractivity (Wildman–Crippen MR) is 70.0 cm³/mol. The van der Waals surface area contributed by atoms with Gasteiger partial charge in [0.15, 0.2) is 11.7 Å². The Morgan fingerprint density at radius 1 is 1.35 bits per heavy atom. The molecule has 4 N–H and O–H groups in total. The minimum absolute atomic E-state index is 0.0344. The number of benzene rings is 1. The van der Waals surface area contributed by atoms with Crippen molar-refractivity contribution < 1.29 is 9.53 Å². The van der Waals surface area contributed by atoms with E-state index >= 15 is 0 Å². The van der Waals surface area contributed by atoms with Crippen LogP contribution in [0.4, 0.5) is 0 Å². The number of hydrazine groups is 1. The summed E-state index contributed by atoms with van der Waals surface area (Å²) in [5.41, 5.74) is 9.64. The molecule has 0 fully saturated rings. The van der Waals surface area contributed by atoms with Crippen LogP contribution in [0.15, 0.2) is 18.2 Å². The van der Waals surface area contributed by atoms with E-state index in [1.807, 2.05) is 0 Å². The molecule has 0 unspecified atom stereocenters. The molecule has 1 aromatic rings. The maximum absolute atomic E-state index is 11.2. The van der Waals surface area contributed by atoms with Gasteiger partial charge in [0.05, 0.1) is 10.0 Å². The van der Waals surface area contributed by atoms with Crippen molar-refractivity contribution in [1.29, 1.82) is 0 Å². The zero-order valence-corrected chi connectivity index (χ0v) is 10.8. The van der Waals surface area contributed by atoms with E-state index in [0.717, 1.165) is 0 Å². The number of nitrogens with one attached hydrogen (secondary N) is 2. The van der Waals surface area contributed by atoms with Crippen molar-refractivity contribution in [3.8, 4) is 5.75 Å². The Morgan fingerprint density at radius 3 is 2.65 bits per heavy atom. The summed E-state index contributed by atoms with van der Waals surface area (Å²) in [5, 5.41) is 0.734. The molecule has 1 rings (SSSR count). The van der Waals surface area contributed by atoms with E-state index in [-0.39, 0.29) is 11.7 Å². The van der Waals surface area contributed by atoms with Gasteiger partial charge in [-0.15, -0.1) is 0 Å². The first-order valence-electron chi connectivity index (χ1n) is 4.41. The third-order valence-electron chi connectivity index (χ3n) is 1.59. The first-order chi connectivity index (χ1) is 7.99. The lowest BCUT2D eigenvalue weighted by molar-refractivity contribution is -0.123. The second-order valence-electron chi connectivity index (χ2n) is 2.90. The van der Waals surface area contributed by atoms with E-state index in [9.17, 15) is 4.79 Å². The number of rotatable bonds is 3. The molecule has 0 saturated heterocycles. The molecule has 0 aliphatic rings. The molecule has 0 radical (unpaired) electrons. The fraction of sp³-hybridized carbons (Fsp3) is 0.111. The zero-order chi connectivity index (χ0) is 12.8. The van der Waals surface area contributed by atoms with Crippen LogP contribution in [-0.4, -0.2) is 17.6 Å². The minimum atomic E-state index is -0.427. The van der Waals surface area contributed by atoms with Crippen molar-refractivity contribution in [1.82, 2.24) is 10.9 Å². The van der Waals surface area contributed by atoms with E-state index in [1.54, 1.807) is 12.1 Å². The maximum Gasteiger partial charge on any atom is 0.276 e. The minimum Gasteiger partial charge on any atom is -0.484 e. The Kier molecular flexibility index (Phi) is 5.27. The molecule has 1 aromatic carbocycles. The Hall–Kier alpha value is -1.24. The molecular weight excluding hydrogens is 285 g/mol. The van der Waals surface area contributed by atoms with Gasteiger partial charge in [0, 0.05) is 6.07 Å². The predicted octanol–water partition coefficient (Wildman–Crippen LogP) is 1.24. The highest BCUT2D eigenvalue weighted by Gasteiger charge is 2.04. The number of carbonyl (C=O) groups is 1. The quantitative estimate of drug-likeness (QED) is 0.577. The van der Waals surface area contributed by atoms with E-state index in [0.29, 0.717) is 15.8 Å². The second kappa shape index (κ2) is 6.48. The van der Waals surface area contributed by atoms with Crippen LogP contribution >= 0.6 is 35.4 Å². The normalized spacial score (nSPS) is 9.53. The molecule has 17 heavy (non-hydrogen) atoms. The Morgan fingerprint density at radius 2 is 2.06 bits per heavy atom. The van der Waals surface area contributed by atoms with Crippen molar-refractivity contribution in [3.05, 3.63) is 28.2 Å². The first-order valence-corrected chi connectivity index (χ1v) is 5.57. The number of carbonyl (C=O) groups excluding carboxylic acids is 1. The Balaban J connectivity index is 2.42. The number of nitrogens with two attached hydrogens (primary N) is 1. The van der Waals surface area contributed by atoms with Crippen molar-refractivity contribution in [3.63, 3.8) is 0 Å². The van der Waals surface area contributed by atoms with E-state index < -0.39 is 5.91 Å². The lowest BCUT2D eigenvalue weighted by Gasteiger charge is -2.08. The van der Waals surface area contributed by atoms with Crippen LogP contribution in [0.5, 0.6) is 5.75 Å². The summed E-state index contributed by atoms with van der Waals surface area (Å²) in [6.07, 6.45) is 0. The molecular formula is C9H9Cl2N3O2S. The van der Waals surface area contributed by atoms with Gasteiger partial charge in [-0.2, -0.15) is 0 Å². The van der Waals surface area contributed by atoms with Gasteiger partial charge in [0.1, 0.15) is 5.75 Å². The summed E-state index contributed by atoms with van der Waals surface area (Å²) in [6, 6.07) is 4.69. The SMILES string of the molecule is NC(=S)NNC(=O)COc1ccc(Cl)c(Cl)c1. The van der Waals surface area contributed by atoms with Gasteiger partial charge in [-0.3, -0.25) is 15.6 Å². The molecule has 0 bridgehead atoms. The van der Waals surface area contributed by atoms with Gasteiger partial charge in [-0.05, 0) is 24.4 Å². The van der Waals surface area contributed by atoms with Crippen LogP contribution in [-0.2, 0) is 4.79 Å². The molecule has 0 aromatic heterocycles. The van der Waals surface area contributed by atoms with Crippen LogP contribution in [0.25, 0.3) is 0 Å². The molecule has 0 aliphatic carbocycles. The third kappa shape index (κ3) is 5.08. The molecule has 5 nitrogen and oxygen atoms in total. The highest BCUT2D eigenvalue weighted by molar-refractivity contribution is 7.80. The number of thiocarbonyl (C=S) groups is 1. The van der Waals surface area contributed by atoms with Gasteiger partial charge in [0.2, 0.25) is 0 Å². The second-order valence-corrected chi connectivity index (χ2v) is 4.16. The average Bonchev–Trinajstić information content (AvgIpc) is 2.28. The largest absolute Gasteiger partial charge is 0.484 e. The van der Waals surface area contributed by atoms with Crippen LogP contribution in [0.1, 0.15) is 0 Å². The zero-order valence-electron chi connectivity index (χ0n) is 8.50. The topological polar surface area (TPSA) is 76.4 Å². The van der Waals surface area contributed by atoms with Crippen molar-refractivity contribution in [2.24, 2.45) is 5.73 Å². The molecule has 92 valence electrons. The van der Waals surface area contributed by atoms with Crippen LogP contribution in [0.2, 0.25) is 10.0 Å². The fourth-order valence-electron chi connectivity index (χ4n) is 0.883. The summed E-state index contributed by atoms with van der Waals surface area (Å²) in [7, 11) is 0. The Bertz CT molecular complexity index is 442. The smallest absolute Gasteiger partial charge is 0.276 e. The molecule has 0 heterocycles. The van der Waals surface area contributed by atoms with Gasteiger partial charge < -0.3 is 10.5 Å². The number of hydrogen-bond acceptors (Lipinski definition) is 3. The standard InChI is InChI=1S/C9H9Cl2N3O2S/c10-6-2-1-5(3-7(6)11)16-4-8(15)13-14-9(12)17/h1-3H,4H2,(H,13,15)(H3,12,14,17). The van der Waals surface area contributed by atoms with Gasteiger partial charge in [-0.1, -0.05) is 23.2 Å².